The maximum atomic E-state index is 13.2. The number of aromatic nitrogens is 4. The number of hydrogen-bond acceptors (Lipinski definition) is 16. The molecule has 0 amide bonds. The Morgan fingerprint density at radius 2 is 1.16 bits per heavy atom. The van der Waals surface area contributed by atoms with E-state index in [2.05, 4.69) is 52.6 Å². The van der Waals surface area contributed by atoms with Crippen LogP contribution in [0.4, 0.5) is 11.6 Å². The molecule has 8 rings (SSSR count). The van der Waals surface area contributed by atoms with Gasteiger partial charge in [0.25, 0.3) is 5.91 Å². The van der Waals surface area contributed by atoms with Crippen molar-refractivity contribution in [2.75, 3.05) is 129 Å². The van der Waals surface area contributed by atoms with E-state index in [4.69, 9.17) is 48.0 Å². The molecule has 4 aliphatic rings. The number of anilines is 2. The van der Waals surface area contributed by atoms with Gasteiger partial charge in [0.1, 0.15) is 11.6 Å². The topological polar surface area (TPSA) is 197 Å². The quantitative estimate of drug-likeness (QED) is 0.0614. The maximum Gasteiger partial charge on any atom is 0.311 e. The molecule has 4 saturated heterocycles. The van der Waals surface area contributed by atoms with E-state index >= 15 is 0 Å². The highest BCUT2D eigenvalue weighted by Gasteiger charge is 2.33. The molecule has 0 atom stereocenters. The summed E-state index contributed by atoms with van der Waals surface area (Å²) >= 11 is 15.2. The summed E-state index contributed by atoms with van der Waals surface area (Å²) in [6.07, 6.45) is 4.45. The Kier molecular flexibility index (Phi) is 21.6. The molecule has 21 heteroatoms. The summed E-state index contributed by atoms with van der Waals surface area (Å²) < 4.78 is 13.9. The van der Waals surface area contributed by atoms with E-state index in [1.54, 1.807) is 25.2 Å². The number of nitrogens with zero attached hydrogens (tertiary/aromatic N) is 7. The summed E-state index contributed by atoms with van der Waals surface area (Å²) in [6, 6.07) is 12.0. The number of piperidine rings is 2. The minimum atomic E-state index is -0.986. The van der Waals surface area contributed by atoms with Crippen molar-refractivity contribution in [1.29, 1.82) is 0 Å². The fourth-order valence-corrected chi connectivity index (χ4v) is 10.4. The van der Waals surface area contributed by atoms with Crippen LogP contribution in [-0.4, -0.2) is 185 Å². The first kappa shape index (κ1) is 55.1. The van der Waals surface area contributed by atoms with Gasteiger partial charge in [-0.1, -0.05) is 23.2 Å². The number of morpholine rings is 2. The summed E-state index contributed by atoms with van der Waals surface area (Å²) in [7, 11) is 0. The van der Waals surface area contributed by atoms with Gasteiger partial charge in [0.2, 0.25) is 0 Å². The number of nitrogens with one attached hydrogen (secondary N) is 3. The van der Waals surface area contributed by atoms with Gasteiger partial charge in [-0.05, 0) is 104 Å². The Labute approximate surface area is 425 Å². The molecule has 384 valence electrons. The van der Waals surface area contributed by atoms with Gasteiger partial charge >= 0.3 is 5.97 Å². The number of likely N-dealkylation sites (tertiary alicyclic amines) is 2. The van der Waals surface area contributed by atoms with E-state index in [1.807, 2.05) is 24.3 Å². The molecule has 8 heterocycles. The van der Waals surface area contributed by atoms with Crippen LogP contribution >= 0.6 is 45.9 Å². The van der Waals surface area contributed by atoms with E-state index in [1.165, 1.54) is 79.5 Å². The summed E-state index contributed by atoms with van der Waals surface area (Å²) in [5, 5.41) is 45.6. The number of thiophene rings is 2. The standard InChI is InChI=1S/C24H36ClN5O3S.C19H28ClN5OS.C5H10O3/c1-24(2,17-31)23(32)30-22(26-16-19-3-4-21(25)34-19)15-20(27-30)18-5-7-28(8-6-18)9-10-29-11-13-33-14-12-29;20-18-2-1-16(27-18)14-21-19-13-17(22-23-19)15-3-5-24(6-4-15)7-8-25-9-11-26-12-10-25;1-5(2,3-6)4(7)8/h3-4,15,18,26,31H,5-14,16-17H2,1-2H3;1-2,13,15H,3-12,14H2,(H2,21,22,23);6H,3H2,1-2H3,(H,7,8). The molecule has 0 saturated carbocycles. The van der Waals surface area contributed by atoms with Crippen molar-refractivity contribution in [3.05, 3.63) is 66.2 Å². The van der Waals surface area contributed by atoms with Crippen LogP contribution in [0.3, 0.4) is 0 Å². The van der Waals surface area contributed by atoms with Gasteiger partial charge in [-0.25, -0.2) is 0 Å². The van der Waals surface area contributed by atoms with E-state index in [-0.39, 0.29) is 19.1 Å². The second kappa shape index (κ2) is 27.0. The zero-order valence-corrected chi connectivity index (χ0v) is 43.9. The van der Waals surface area contributed by atoms with E-state index < -0.39 is 16.8 Å². The Morgan fingerprint density at radius 1 is 0.696 bits per heavy atom. The number of aliphatic hydroxyl groups excluding tert-OH is 2. The number of halogens is 2. The van der Waals surface area contributed by atoms with Crippen LogP contribution in [0.2, 0.25) is 8.67 Å². The number of carbonyl (C=O) groups excluding carboxylic acids is 1. The highest BCUT2D eigenvalue weighted by molar-refractivity contribution is 7.16. The second-order valence-corrected chi connectivity index (χ2v) is 23.1. The third-order valence-corrected chi connectivity index (χ3v) is 15.8. The third kappa shape index (κ3) is 17.2. The highest BCUT2D eigenvalue weighted by Crippen LogP contribution is 2.32. The zero-order chi connectivity index (χ0) is 49.4. The smallest absolute Gasteiger partial charge is 0.311 e. The highest BCUT2D eigenvalue weighted by atomic mass is 35.5. The number of aliphatic carboxylic acids is 1. The summed E-state index contributed by atoms with van der Waals surface area (Å²) in [6.45, 7) is 23.8. The molecule has 17 nitrogen and oxygen atoms in total. The molecule has 0 aromatic carbocycles. The molecular weight excluding hydrogens is 964 g/mol. The van der Waals surface area contributed by atoms with Crippen LogP contribution in [0.15, 0.2) is 36.4 Å². The number of H-pyrrole nitrogens is 1. The molecule has 0 unspecified atom stereocenters. The van der Waals surface area contributed by atoms with Gasteiger partial charge in [0, 0.05) is 91.8 Å². The molecule has 4 aromatic rings. The van der Waals surface area contributed by atoms with Crippen molar-refractivity contribution in [3.63, 3.8) is 0 Å². The molecule has 0 aliphatic carbocycles. The number of carboxylic acid groups (broad SMARTS) is 1. The van der Waals surface area contributed by atoms with Gasteiger partial charge in [-0.3, -0.25) is 24.5 Å². The third-order valence-electron chi connectivity index (χ3n) is 13.3. The average molecular weight is 1040 g/mol. The van der Waals surface area contributed by atoms with E-state index in [0.29, 0.717) is 24.2 Å². The van der Waals surface area contributed by atoms with Crippen molar-refractivity contribution in [2.45, 2.75) is 78.3 Å². The average Bonchev–Trinajstić information content (AvgIpc) is 4.21. The van der Waals surface area contributed by atoms with E-state index in [9.17, 15) is 14.7 Å². The molecule has 4 fully saturated rings. The number of aromatic amines is 1. The first-order chi connectivity index (χ1) is 33.1. The lowest BCUT2D eigenvalue weighted by Gasteiger charge is -2.34. The van der Waals surface area contributed by atoms with Crippen LogP contribution in [0, 0.1) is 10.8 Å². The molecule has 4 aliphatic heterocycles. The monoisotopic (exact) mass is 1040 g/mol. The number of ether oxygens (including phenoxy) is 2. The number of carbonyl (C=O) groups is 2. The Bertz CT molecular complexity index is 2150. The number of hydrogen-bond donors (Lipinski definition) is 6. The van der Waals surface area contributed by atoms with Crippen molar-refractivity contribution in [3.8, 4) is 0 Å². The molecule has 6 N–H and O–H groups in total. The van der Waals surface area contributed by atoms with Crippen molar-refractivity contribution in [2.24, 2.45) is 10.8 Å². The largest absolute Gasteiger partial charge is 0.481 e. The fourth-order valence-electron chi connectivity index (χ4n) is 8.32. The maximum absolute atomic E-state index is 13.2. The summed E-state index contributed by atoms with van der Waals surface area (Å²) in [5.74, 6) is 1.31. The Balaban J connectivity index is 0.000000199. The predicted molar refractivity (Wildman–Crippen MR) is 275 cm³/mol. The minimum Gasteiger partial charge on any atom is -0.481 e. The molecule has 4 aromatic heterocycles. The van der Waals surface area contributed by atoms with Crippen LogP contribution in [0.1, 0.15) is 91.2 Å². The SMILES string of the molecule is CC(C)(CO)C(=O)O.CC(C)(CO)C(=O)n1nc(C2CCN(CCN3CCOCC3)CC2)cc1NCc1ccc(Cl)s1.Clc1ccc(CNc2cc(C3CCN(CCN4CCOCC4)CC3)[nH]n2)s1. The summed E-state index contributed by atoms with van der Waals surface area (Å²) in [5.41, 5.74) is 0.311. The lowest BCUT2D eigenvalue weighted by atomic mass is 9.93. The van der Waals surface area contributed by atoms with Gasteiger partial charge < -0.3 is 45.2 Å². The number of rotatable bonds is 18. The van der Waals surface area contributed by atoms with Crippen LogP contribution in [0.25, 0.3) is 0 Å². The summed E-state index contributed by atoms with van der Waals surface area (Å²) in [4.78, 5) is 35.7. The van der Waals surface area contributed by atoms with Crippen molar-refractivity contribution < 1.29 is 34.4 Å². The molecule has 69 heavy (non-hydrogen) atoms. The second-order valence-electron chi connectivity index (χ2n) is 19.5. The van der Waals surface area contributed by atoms with Gasteiger partial charge in [0.15, 0.2) is 0 Å². The lowest BCUT2D eigenvalue weighted by Crippen LogP contribution is -2.43. The molecule has 0 spiro atoms. The first-order valence-electron chi connectivity index (χ1n) is 24.3. The molecule has 0 bridgehead atoms. The van der Waals surface area contributed by atoms with Gasteiger partial charge in [0.05, 0.1) is 77.9 Å². The number of carboxylic acids is 1. The fraction of sp³-hybridized carbons (Fsp3) is 0.667. The minimum absolute atomic E-state index is 0.212. The van der Waals surface area contributed by atoms with Gasteiger partial charge in [-0.2, -0.15) is 14.9 Å². The zero-order valence-electron chi connectivity index (χ0n) is 40.8. The Hall–Kier alpha value is -3.18. The lowest BCUT2D eigenvalue weighted by molar-refractivity contribution is -0.148. The van der Waals surface area contributed by atoms with Crippen LogP contribution in [-0.2, 0) is 27.4 Å². The predicted octanol–water partition coefficient (Wildman–Crippen LogP) is 6.72. The Morgan fingerprint density at radius 3 is 1.59 bits per heavy atom. The first-order valence-corrected chi connectivity index (χ1v) is 26.7. The van der Waals surface area contributed by atoms with Crippen molar-refractivity contribution >= 4 is 69.4 Å². The number of aliphatic hydroxyl groups is 2. The molecule has 0 radical (unpaired) electrons. The van der Waals surface area contributed by atoms with Crippen molar-refractivity contribution in [1.82, 2.24) is 39.6 Å². The van der Waals surface area contributed by atoms with Gasteiger partial charge in [-0.15, -0.1) is 22.7 Å². The normalized spacial score (nSPS) is 18.6. The molecular formula is C48H74Cl2N10O7S2. The van der Waals surface area contributed by atoms with Crippen LogP contribution in [0.5, 0.6) is 0 Å². The van der Waals surface area contributed by atoms with Crippen LogP contribution < -0.4 is 10.6 Å². The van der Waals surface area contributed by atoms with E-state index in [0.717, 1.165) is 123 Å².